The summed E-state index contributed by atoms with van der Waals surface area (Å²) >= 11 is 3.48. The average molecular weight is 447 g/mol. The molecule has 0 saturated heterocycles. The van der Waals surface area contributed by atoms with Crippen molar-refractivity contribution < 1.29 is 14.8 Å². The maximum atomic E-state index is 13.0. The molecule has 1 aliphatic rings. The first kappa shape index (κ1) is 17.8. The van der Waals surface area contributed by atoms with Gasteiger partial charge < -0.3 is 4.57 Å². The van der Waals surface area contributed by atoms with Crippen LogP contribution in [0.15, 0.2) is 71.3 Å². The minimum absolute atomic E-state index is 0.206. The summed E-state index contributed by atoms with van der Waals surface area (Å²) in [6.07, 6.45) is 1.82. The molecule has 2 heterocycles. The van der Waals surface area contributed by atoms with E-state index in [1.165, 1.54) is 0 Å². The lowest BCUT2D eigenvalue weighted by molar-refractivity contribution is -0.168. The summed E-state index contributed by atoms with van der Waals surface area (Å²) in [5.74, 6) is -1.43. The number of carbonyl (C=O) groups excluding carboxylic acids is 2. The maximum absolute atomic E-state index is 13.0. The van der Waals surface area contributed by atoms with Crippen LogP contribution in [0, 0.1) is 0 Å². The molecule has 5 rings (SSSR count). The molecule has 0 saturated carbocycles. The van der Waals surface area contributed by atoms with Gasteiger partial charge in [0.2, 0.25) is 0 Å². The van der Waals surface area contributed by atoms with Crippen molar-refractivity contribution in [3.05, 3.63) is 82.5 Å². The van der Waals surface area contributed by atoms with E-state index in [1.807, 2.05) is 78.5 Å². The Kier molecular flexibility index (Phi) is 3.94. The number of hydrogen-bond donors (Lipinski definition) is 1. The monoisotopic (exact) mass is 446 g/mol. The summed E-state index contributed by atoms with van der Waals surface area (Å²) in [4.78, 5) is 25.9. The normalized spacial score (nSPS) is 14.7. The Hall–Kier alpha value is -3.22. The van der Waals surface area contributed by atoms with Gasteiger partial charge in [-0.15, -0.1) is 5.06 Å². The van der Waals surface area contributed by atoms with Crippen molar-refractivity contribution in [1.29, 1.82) is 0 Å². The van der Waals surface area contributed by atoms with E-state index in [-0.39, 0.29) is 16.2 Å². The predicted molar refractivity (Wildman–Crippen MR) is 115 cm³/mol. The average Bonchev–Trinajstić information content (AvgIpc) is 3.15. The summed E-state index contributed by atoms with van der Waals surface area (Å²) < 4.78 is 2.77. The van der Waals surface area contributed by atoms with E-state index in [1.54, 1.807) is 0 Å². The third kappa shape index (κ3) is 2.57. The molecule has 6 heteroatoms. The van der Waals surface area contributed by atoms with Gasteiger partial charge in [0.15, 0.2) is 0 Å². The SMILES string of the molecule is Cn1cc(C2=C(c3cccc4ccccc34)C(=O)N(O)C2=O)c2cc(Br)ccc21. The molecule has 1 aromatic heterocycles. The number of fused-ring (bicyclic) bond motifs is 2. The van der Waals surface area contributed by atoms with Gasteiger partial charge in [0, 0.05) is 34.2 Å². The van der Waals surface area contributed by atoms with Crippen LogP contribution >= 0.6 is 15.9 Å². The molecular weight excluding hydrogens is 432 g/mol. The first-order chi connectivity index (χ1) is 14.0. The summed E-state index contributed by atoms with van der Waals surface area (Å²) in [6, 6.07) is 19.1. The number of carbonyl (C=O) groups is 2. The van der Waals surface area contributed by atoms with Crippen molar-refractivity contribution in [3.8, 4) is 0 Å². The third-order valence-corrected chi connectivity index (χ3v) is 5.84. The molecule has 0 radical (unpaired) electrons. The molecule has 0 bridgehead atoms. The Morgan fingerprint density at radius 3 is 2.31 bits per heavy atom. The number of rotatable bonds is 2. The minimum atomic E-state index is -0.717. The van der Waals surface area contributed by atoms with Crippen molar-refractivity contribution in [2.75, 3.05) is 0 Å². The Labute approximate surface area is 174 Å². The highest BCUT2D eigenvalue weighted by Crippen LogP contribution is 2.40. The summed E-state index contributed by atoms with van der Waals surface area (Å²) in [7, 11) is 1.88. The second-order valence-corrected chi connectivity index (χ2v) is 7.93. The van der Waals surface area contributed by atoms with Crippen LogP contribution in [-0.2, 0) is 16.6 Å². The molecule has 0 spiro atoms. The molecule has 1 aliphatic heterocycles. The first-order valence-electron chi connectivity index (χ1n) is 9.02. The molecule has 0 atom stereocenters. The van der Waals surface area contributed by atoms with Gasteiger partial charge in [0.25, 0.3) is 11.8 Å². The van der Waals surface area contributed by atoms with Crippen molar-refractivity contribution >= 4 is 60.6 Å². The molecule has 0 aliphatic carbocycles. The highest BCUT2D eigenvalue weighted by Gasteiger charge is 2.40. The van der Waals surface area contributed by atoms with Crippen molar-refractivity contribution in [3.63, 3.8) is 0 Å². The van der Waals surface area contributed by atoms with Crippen LogP contribution in [0.3, 0.4) is 0 Å². The van der Waals surface area contributed by atoms with Crippen molar-refractivity contribution in [2.45, 2.75) is 0 Å². The van der Waals surface area contributed by atoms with Crippen molar-refractivity contribution in [1.82, 2.24) is 9.63 Å². The predicted octanol–water partition coefficient (Wildman–Crippen LogP) is 4.76. The van der Waals surface area contributed by atoms with Crippen LogP contribution in [0.1, 0.15) is 11.1 Å². The van der Waals surface area contributed by atoms with E-state index < -0.39 is 11.8 Å². The molecule has 1 N–H and O–H groups in total. The van der Waals surface area contributed by atoms with E-state index in [9.17, 15) is 14.8 Å². The molecule has 2 amide bonds. The van der Waals surface area contributed by atoms with Gasteiger partial charge in [0.05, 0.1) is 11.1 Å². The highest BCUT2D eigenvalue weighted by molar-refractivity contribution is 9.10. The lowest BCUT2D eigenvalue weighted by Gasteiger charge is -2.08. The van der Waals surface area contributed by atoms with E-state index >= 15 is 0 Å². The van der Waals surface area contributed by atoms with Gasteiger partial charge in [-0.2, -0.15) is 0 Å². The van der Waals surface area contributed by atoms with Crippen LogP contribution in [0.25, 0.3) is 32.8 Å². The zero-order valence-electron chi connectivity index (χ0n) is 15.4. The van der Waals surface area contributed by atoms with Gasteiger partial charge in [-0.25, -0.2) is 0 Å². The Bertz CT molecular complexity index is 1380. The van der Waals surface area contributed by atoms with Gasteiger partial charge in [0.1, 0.15) is 0 Å². The zero-order valence-corrected chi connectivity index (χ0v) is 17.0. The number of benzene rings is 3. The van der Waals surface area contributed by atoms with Crippen LogP contribution in [-0.4, -0.2) is 26.7 Å². The number of imide groups is 1. The number of hydroxylamine groups is 2. The fraction of sp³-hybridized carbons (Fsp3) is 0.0435. The lowest BCUT2D eigenvalue weighted by Crippen LogP contribution is -2.27. The summed E-state index contributed by atoms with van der Waals surface area (Å²) in [5, 5.41) is 13.0. The smallest absolute Gasteiger partial charge is 0.286 e. The van der Waals surface area contributed by atoms with Crippen LogP contribution in [0.5, 0.6) is 0 Å². The molecular formula is C23H15BrN2O3. The standard InChI is InChI=1S/C23H15BrN2O3/c1-25-12-18(17-11-14(24)9-10-19(17)25)21-20(22(27)26(29)23(21)28)16-8-4-6-13-5-2-3-7-15(13)16/h2-12,29H,1H3. The molecule has 0 fully saturated rings. The topological polar surface area (TPSA) is 62.5 Å². The number of aromatic nitrogens is 1. The maximum Gasteiger partial charge on any atom is 0.286 e. The van der Waals surface area contributed by atoms with Crippen LogP contribution < -0.4 is 0 Å². The molecule has 142 valence electrons. The summed E-state index contributed by atoms with van der Waals surface area (Å²) in [6.45, 7) is 0. The second-order valence-electron chi connectivity index (χ2n) is 7.01. The van der Waals surface area contributed by atoms with E-state index in [2.05, 4.69) is 15.9 Å². The summed E-state index contributed by atoms with van der Waals surface area (Å²) in [5.41, 5.74) is 2.57. The highest BCUT2D eigenvalue weighted by atomic mass is 79.9. The van der Waals surface area contributed by atoms with Gasteiger partial charge in [-0.05, 0) is 34.5 Å². The first-order valence-corrected chi connectivity index (χ1v) is 9.81. The van der Waals surface area contributed by atoms with Crippen LogP contribution in [0.2, 0.25) is 0 Å². The lowest BCUT2D eigenvalue weighted by atomic mass is 9.92. The van der Waals surface area contributed by atoms with Gasteiger partial charge in [-0.3, -0.25) is 14.8 Å². The molecule has 4 aromatic rings. The zero-order chi connectivity index (χ0) is 20.3. The number of nitrogens with zero attached hydrogens (tertiary/aromatic N) is 2. The second kappa shape index (κ2) is 6.40. The fourth-order valence-corrected chi connectivity index (χ4v) is 4.39. The van der Waals surface area contributed by atoms with Gasteiger partial charge in [-0.1, -0.05) is 58.4 Å². The van der Waals surface area contributed by atoms with Crippen molar-refractivity contribution in [2.24, 2.45) is 7.05 Å². The van der Waals surface area contributed by atoms with E-state index in [0.29, 0.717) is 11.1 Å². The third-order valence-electron chi connectivity index (χ3n) is 5.34. The Balaban J connectivity index is 1.90. The quantitative estimate of drug-likeness (QED) is 0.356. The molecule has 3 aromatic carbocycles. The Morgan fingerprint density at radius 1 is 0.828 bits per heavy atom. The number of hydrogen-bond acceptors (Lipinski definition) is 3. The van der Waals surface area contributed by atoms with Crippen LogP contribution in [0.4, 0.5) is 0 Å². The van der Waals surface area contributed by atoms with E-state index in [4.69, 9.17) is 0 Å². The number of aryl methyl sites for hydroxylation is 1. The minimum Gasteiger partial charge on any atom is -0.350 e. The molecule has 5 nitrogen and oxygen atoms in total. The van der Waals surface area contributed by atoms with Gasteiger partial charge >= 0.3 is 0 Å². The largest absolute Gasteiger partial charge is 0.350 e. The van der Waals surface area contributed by atoms with E-state index in [0.717, 1.165) is 26.1 Å². The number of halogens is 1. The molecule has 0 unspecified atom stereocenters. The molecule has 29 heavy (non-hydrogen) atoms. The fourth-order valence-electron chi connectivity index (χ4n) is 4.02. The Morgan fingerprint density at radius 2 is 1.52 bits per heavy atom. The number of amides is 2.